The summed E-state index contributed by atoms with van der Waals surface area (Å²) in [5.41, 5.74) is 7.69. The topological polar surface area (TPSA) is 68.0 Å². The van der Waals surface area contributed by atoms with Crippen molar-refractivity contribution >= 4 is 39.7 Å². The fraction of sp³-hybridized carbons (Fsp3) is 0.286. The Morgan fingerprint density at radius 3 is 2.95 bits per heavy atom. The molecule has 4 nitrogen and oxygen atoms in total. The Bertz CT molecular complexity index is 645. The zero-order valence-corrected chi connectivity index (χ0v) is 12.4. The largest absolute Gasteiger partial charge is 0.399 e. The number of carbonyl (C=O) groups is 1. The first-order chi connectivity index (χ1) is 9.63. The molecule has 2 aromatic rings. The highest BCUT2D eigenvalue weighted by atomic mass is 35.5. The molecule has 0 unspecified atom stereocenters. The summed E-state index contributed by atoms with van der Waals surface area (Å²) in [6.45, 7) is 0. The lowest BCUT2D eigenvalue weighted by Gasteiger charge is -2.06. The molecule has 3 N–H and O–H groups in total. The second-order valence-corrected chi connectivity index (χ2v) is 6.28. The molecule has 1 heterocycles. The number of carbonyl (C=O) groups excluding carboxylic acids is 1. The van der Waals surface area contributed by atoms with Gasteiger partial charge in [-0.15, -0.1) is 11.3 Å². The Labute approximate surface area is 126 Å². The molecule has 0 saturated heterocycles. The molecule has 1 aromatic carbocycles. The van der Waals surface area contributed by atoms with Crippen molar-refractivity contribution < 1.29 is 4.79 Å². The molecule has 6 heteroatoms. The van der Waals surface area contributed by atoms with Crippen molar-refractivity contribution in [3.05, 3.63) is 39.4 Å². The maximum absolute atomic E-state index is 12.2. The van der Waals surface area contributed by atoms with Crippen LogP contribution in [0.3, 0.4) is 0 Å². The Hall–Kier alpha value is -1.59. The lowest BCUT2D eigenvalue weighted by Crippen LogP contribution is -2.12. The number of aryl methyl sites for hydroxylation is 2. The smallest absolute Gasteiger partial charge is 0.259 e. The SMILES string of the molecule is Nc1ccc(Cl)c(C(=O)Nc2nc3c(s2)CCCC3)c1. The fourth-order valence-electron chi connectivity index (χ4n) is 2.29. The summed E-state index contributed by atoms with van der Waals surface area (Å²) < 4.78 is 0. The number of nitrogen functional groups attached to an aromatic ring is 1. The summed E-state index contributed by atoms with van der Waals surface area (Å²) in [4.78, 5) is 18.0. The van der Waals surface area contributed by atoms with E-state index in [1.807, 2.05) is 0 Å². The summed E-state index contributed by atoms with van der Waals surface area (Å²) in [6, 6.07) is 4.87. The van der Waals surface area contributed by atoms with Crippen LogP contribution < -0.4 is 11.1 Å². The normalized spacial score (nSPS) is 13.8. The van der Waals surface area contributed by atoms with Gasteiger partial charge in [0.1, 0.15) is 0 Å². The highest BCUT2D eigenvalue weighted by molar-refractivity contribution is 7.15. The standard InChI is InChI=1S/C14H14ClN3OS/c15-10-6-5-8(16)7-9(10)13(19)18-14-17-11-3-1-2-4-12(11)20-14/h5-7H,1-4,16H2,(H,17,18,19). The minimum absolute atomic E-state index is 0.270. The number of halogens is 1. The van der Waals surface area contributed by atoms with E-state index < -0.39 is 0 Å². The monoisotopic (exact) mass is 307 g/mol. The maximum atomic E-state index is 12.2. The molecular weight excluding hydrogens is 294 g/mol. The highest BCUT2D eigenvalue weighted by Gasteiger charge is 2.18. The van der Waals surface area contributed by atoms with Gasteiger partial charge in [-0.05, 0) is 43.9 Å². The molecule has 0 spiro atoms. The number of benzene rings is 1. The van der Waals surface area contributed by atoms with Gasteiger partial charge in [-0.3, -0.25) is 10.1 Å². The van der Waals surface area contributed by atoms with Crippen LogP contribution in [0.4, 0.5) is 10.8 Å². The molecule has 1 aliphatic rings. The maximum Gasteiger partial charge on any atom is 0.259 e. The van der Waals surface area contributed by atoms with Crippen molar-refractivity contribution in [2.24, 2.45) is 0 Å². The molecule has 0 atom stereocenters. The highest BCUT2D eigenvalue weighted by Crippen LogP contribution is 2.30. The van der Waals surface area contributed by atoms with E-state index >= 15 is 0 Å². The van der Waals surface area contributed by atoms with E-state index in [2.05, 4.69) is 10.3 Å². The van der Waals surface area contributed by atoms with E-state index in [0.29, 0.717) is 21.4 Å². The molecule has 0 fully saturated rings. The third kappa shape index (κ3) is 2.64. The summed E-state index contributed by atoms with van der Waals surface area (Å²) in [5, 5.41) is 3.84. The van der Waals surface area contributed by atoms with Gasteiger partial charge in [0.15, 0.2) is 5.13 Å². The van der Waals surface area contributed by atoms with Gasteiger partial charge >= 0.3 is 0 Å². The fourth-order valence-corrected chi connectivity index (χ4v) is 3.54. The van der Waals surface area contributed by atoms with Crippen LogP contribution in [-0.2, 0) is 12.8 Å². The molecule has 20 heavy (non-hydrogen) atoms. The Balaban J connectivity index is 1.82. The van der Waals surface area contributed by atoms with Crippen molar-refractivity contribution in [1.82, 2.24) is 4.98 Å². The third-order valence-corrected chi connectivity index (χ3v) is 4.70. The molecule has 3 rings (SSSR count). The average molecular weight is 308 g/mol. The molecule has 0 bridgehead atoms. The number of nitrogens with two attached hydrogens (primary N) is 1. The zero-order valence-electron chi connectivity index (χ0n) is 10.8. The Morgan fingerprint density at radius 2 is 2.15 bits per heavy atom. The van der Waals surface area contributed by atoms with Crippen molar-refractivity contribution in [3.63, 3.8) is 0 Å². The number of anilines is 2. The predicted octanol–water partition coefficient (Wildman–Crippen LogP) is 3.51. The predicted molar refractivity (Wildman–Crippen MR) is 82.6 cm³/mol. The molecule has 1 aromatic heterocycles. The minimum Gasteiger partial charge on any atom is -0.399 e. The number of hydrogen-bond acceptors (Lipinski definition) is 4. The number of thiazole rings is 1. The van der Waals surface area contributed by atoms with E-state index in [9.17, 15) is 4.79 Å². The lowest BCUT2D eigenvalue weighted by atomic mass is 10.0. The van der Waals surface area contributed by atoms with Gasteiger partial charge in [-0.1, -0.05) is 11.6 Å². The number of hydrogen-bond donors (Lipinski definition) is 2. The van der Waals surface area contributed by atoms with Crippen molar-refractivity contribution in [2.75, 3.05) is 11.1 Å². The number of amides is 1. The molecule has 104 valence electrons. The second kappa shape index (κ2) is 5.42. The third-order valence-electron chi connectivity index (χ3n) is 3.30. The first-order valence-corrected chi connectivity index (χ1v) is 7.68. The van der Waals surface area contributed by atoms with E-state index in [1.54, 1.807) is 29.5 Å². The molecule has 0 aliphatic heterocycles. The quantitative estimate of drug-likeness (QED) is 0.834. The van der Waals surface area contributed by atoms with Gasteiger partial charge in [0.25, 0.3) is 5.91 Å². The van der Waals surface area contributed by atoms with Crippen LogP contribution in [-0.4, -0.2) is 10.9 Å². The van der Waals surface area contributed by atoms with Crippen LogP contribution in [0.15, 0.2) is 18.2 Å². The van der Waals surface area contributed by atoms with Crippen LogP contribution in [0.5, 0.6) is 0 Å². The second-order valence-electron chi connectivity index (χ2n) is 4.79. The van der Waals surface area contributed by atoms with Gasteiger partial charge < -0.3 is 5.73 Å². The van der Waals surface area contributed by atoms with Gasteiger partial charge in [0, 0.05) is 10.6 Å². The van der Waals surface area contributed by atoms with E-state index in [-0.39, 0.29) is 5.91 Å². The van der Waals surface area contributed by atoms with Gasteiger partial charge in [0.05, 0.1) is 16.3 Å². The first-order valence-electron chi connectivity index (χ1n) is 6.48. The molecule has 1 aliphatic carbocycles. The van der Waals surface area contributed by atoms with Crippen LogP contribution in [0.1, 0.15) is 33.8 Å². The molecule has 0 radical (unpaired) electrons. The summed E-state index contributed by atoms with van der Waals surface area (Å²) in [6.07, 6.45) is 4.43. The van der Waals surface area contributed by atoms with Gasteiger partial charge in [0.2, 0.25) is 0 Å². The summed E-state index contributed by atoms with van der Waals surface area (Å²) >= 11 is 7.58. The Kier molecular flexibility index (Phi) is 3.63. The number of rotatable bonds is 2. The Morgan fingerprint density at radius 1 is 1.35 bits per heavy atom. The van der Waals surface area contributed by atoms with Crippen LogP contribution in [0, 0.1) is 0 Å². The lowest BCUT2D eigenvalue weighted by molar-refractivity contribution is 0.102. The molecule has 0 saturated carbocycles. The van der Waals surface area contributed by atoms with E-state index in [4.69, 9.17) is 17.3 Å². The average Bonchev–Trinajstić information content (AvgIpc) is 2.83. The molecular formula is C14H14ClN3OS. The summed E-state index contributed by atoms with van der Waals surface area (Å²) in [5.74, 6) is -0.270. The van der Waals surface area contributed by atoms with Crippen LogP contribution in [0.25, 0.3) is 0 Å². The summed E-state index contributed by atoms with van der Waals surface area (Å²) in [7, 11) is 0. The van der Waals surface area contributed by atoms with Crippen LogP contribution in [0.2, 0.25) is 5.02 Å². The van der Waals surface area contributed by atoms with Gasteiger partial charge in [-0.2, -0.15) is 0 Å². The number of fused-ring (bicyclic) bond motifs is 1. The van der Waals surface area contributed by atoms with Crippen molar-refractivity contribution in [1.29, 1.82) is 0 Å². The van der Waals surface area contributed by atoms with Gasteiger partial charge in [-0.25, -0.2) is 4.98 Å². The number of aromatic nitrogens is 1. The first kappa shape index (κ1) is 13.4. The number of nitrogens with one attached hydrogen (secondary N) is 1. The van der Waals surface area contributed by atoms with E-state index in [0.717, 1.165) is 18.5 Å². The minimum atomic E-state index is -0.270. The van der Waals surface area contributed by atoms with Crippen LogP contribution >= 0.6 is 22.9 Å². The number of nitrogens with zero attached hydrogens (tertiary/aromatic N) is 1. The molecule has 1 amide bonds. The van der Waals surface area contributed by atoms with Crippen molar-refractivity contribution in [3.8, 4) is 0 Å². The van der Waals surface area contributed by atoms with E-state index in [1.165, 1.54) is 17.7 Å². The van der Waals surface area contributed by atoms with Crippen molar-refractivity contribution in [2.45, 2.75) is 25.7 Å². The zero-order chi connectivity index (χ0) is 14.1.